The van der Waals surface area contributed by atoms with Gasteiger partial charge < -0.3 is 14.7 Å². The minimum atomic E-state index is -0.625. The van der Waals surface area contributed by atoms with Gasteiger partial charge in [-0.15, -0.1) is 0 Å². The number of aliphatic hydroxyl groups is 1. The molecule has 144 valence electrons. The lowest BCUT2D eigenvalue weighted by Crippen LogP contribution is -2.39. The van der Waals surface area contributed by atoms with Crippen LogP contribution in [0.3, 0.4) is 0 Å². The fraction of sp³-hybridized carbons (Fsp3) is 0.381. The number of hydrogen-bond acceptors (Lipinski definition) is 5. The molecule has 0 saturated heterocycles. The summed E-state index contributed by atoms with van der Waals surface area (Å²) in [5.41, 5.74) is 2.82. The van der Waals surface area contributed by atoms with Gasteiger partial charge >= 0.3 is 0 Å². The van der Waals surface area contributed by atoms with E-state index in [1.54, 1.807) is 13.2 Å². The summed E-state index contributed by atoms with van der Waals surface area (Å²) in [4.78, 5) is 7.66. The number of methoxy groups -OCH3 is 1. The van der Waals surface area contributed by atoms with Crippen LogP contribution in [-0.4, -0.2) is 54.7 Å². The molecule has 5 nitrogen and oxygen atoms in total. The fourth-order valence-electron chi connectivity index (χ4n) is 3.26. The second kappa shape index (κ2) is 9.60. The molecular formula is C21H25FN2O3. The van der Waals surface area contributed by atoms with Crippen LogP contribution in [0.25, 0.3) is 0 Å². The molecule has 1 heterocycles. The summed E-state index contributed by atoms with van der Waals surface area (Å²) in [5.74, 6) is -0.267. The van der Waals surface area contributed by atoms with E-state index in [-0.39, 0.29) is 18.5 Å². The van der Waals surface area contributed by atoms with Crippen molar-refractivity contribution in [2.45, 2.75) is 25.2 Å². The number of aliphatic hydroxyl groups excluding tert-OH is 1. The highest BCUT2D eigenvalue weighted by Crippen LogP contribution is 2.19. The first-order valence-corrected chi connectivity index (χ1v) is 9.06. The van der Waals surface area contributed by atoms with Gasteiger partial charge in [-0.1, -0.05) is 47.6 Å². The zero-order valence-corrected chi connectivity index (χ0v) is 15.4. The summed E-state index contributed by atoms with van der Waals surface area (Å²) < 4.78 is 18.5. The van der Waals surface area contributed by atoms with E-state index in [2.05, 4.69) is 5.16 Å². The van der Waals surface area contributed by atoms with Crippen molar-refractivity contribution in [1.29, 1.82) is 0 Å². The minimum absolute atomic E-state index is 0.108. The van der Waals surface area contributed by atoms with Gasteiger partial charge in [0.05, 0.1) is 18.4 Å². The van der Waals surface area contributed by atoms with Gasteiger partial charge in [-0.2, -0.15) is 0 Å². The van der Waals surface area contributed by atoms with Crippen molar-refractivity contribution in [3.05, 3.63) is 71.5 Å². The molecule has 0 bridgehead atoms. The monoisotopic (exact) mass is 372 g/mol. The summed E-state index contributed by atoms with van der Waals surface area (Å²) in [6.07, 6.45) is -0.0349. The number of hydrogen-bond donors (Lipinski definition) is 1. The topological polar surface area (TPSA) is 54.3 Å². The van der Waals surface area contributed by atoms with E-state index in [4.69, 9.17) is 9.57 Å². The molecule has 0 aromatic heterocycles. The normalized spacial score (nSPS) is 17.6. The third-order valence-electron chi connectivity index (χ3n) is 4.43. The predicted molar refractivity (Wildman–Crippen MR) is 102 cm³/mol. The Bertz CT molecular complexity index is 754. The number of oxime groups is 1. The zero-order valence-electron chi connectivity index (χ0n) is 15.4. The lowest BCUT2D eigenvalue weighted by atomic mass is 10.0. The average Bonchev–Trinajstić information content (AvgIpc) is 3.11. The highest BCUT2D eigenvalue weighted by Gasteiger charge is 2.25. The van der Waals surface area contributed by atoms with E-state index in [0.29, 0.717) is 26.1 Å². The summed E-state index contributed by atoms with van der Waals surface area (Å²) in [6.45, 7) is 1.75. The smallest absolute Gasteiger partial charge is 0.145 e. The second-order valence-corrected chi connectivity index (χ2v) is 6.77. The Morgan fingerprint density at radius 1 is 1.26 bits per heavy atom. The van der Waals surface area contributed by atoms with Gasteiger partial charge in [0.2, 0.25) is 0 Å². The molecule has 27 heavy (non-hydrogen) atoms. The number of nitrogens with zero attached hydrogens (tertiary/aromatic N) is 2. The molecule has 2 unspecified atom stereocenters. The summed E-state index contributed by atoms with van der Waals surface area (Å²) >= 11 is 0. The third kappa shape index (κ3) is 5.85. The van der Waals surface area contributed by atoms with Gasteiger partial charge in [0.1, 0.15) is 11.9 Å². The molecule has 0 spiro atoms. The van der Waals surface area contributed by atoms with E-state index in [0.717, 1.165) is 16.8 Å². The predicted octanol–water partition coefficient (Wildman–Crippen LogP) is 2.83. The van der Waals surface area contributed by atoms with Crippen molar-refractivity contribution >= 4 is 5.71 Å². The maximum atomic E-state index is 13.5. The van der Waals surface area contributed by atoms with Crippen LogP contribution in [0, 0.1) is 5.82 Å². The maximum Gasteiger partial charge on any atom is 0.145 e. The van der Waals surface area contributed by atoms with Crippen LogP contribution in [0.5, 0.6) is 0 Å². The molecule has 1 N–H and O–H groups in total. The van der Waals surface area contributed by atoms with Crippen molar-refractivity contribution in [3.63, 3.8) is 0 Å². The van der Waals surface area contributed by atoms with Gasteiger partial charge in [-0.3, -0.25) is 4.90 Å². The SMILES string of the molecule is COCC(O)CN(Cc1cccc(F)c1)CC1CC(c2ccccc2)=NO1. The molecule has 1 aliphatic rings. The van der Waals surface area contributed by atoms with E-state index in [1.165, 1.54) is 12.1 Å². The fourth-order valence-corrected chi connectivity index (χ4v) is 3.26. The Hall–Kier alpha value is -2.28. The second-order valence-electron chi connectivity index (χ2n) is 6.77. The standard InChI is InChI=1S/C21H25FN2O3/c1-26-15-19(25)13-24(12-16-6-5-9-18(22)10-16)14-20-11-21(23-27-20)17-7-3-2-4-8-17/h2-10,19-20,25H,11-15H2,1H3. The summed E-state index contributed by atoms with van der Waals surface area (Å²) in [5, 5.41) is 14.4. The number of benzene rings is 2. The van der Waals surface area contributed by atoms with Gasteiger partial charge in [0.15, 0.2) is 0 Å². The Morgan fingerprint density at radius 2 is 2.07 bits per heavy atom. The van der Waals surface area contributed by atoms with E-state index < -0.39 is 6.10 Å². The Morgan fingerprint density at radius 3 is 2.81 bits per heavy atom. The van der Waals surface area contributed by atoms with Gasteiger partial charge in [0.25, 0.3) is 0 Å². The van der Waals surface area contributed by atoms with Crippen molar-refractivity contribution in [3.8, 4) is 0 Å². The molecule has 0 saturated carbocycles. The summed E-state index contributed by atoms with van der Waals surface area (Å²) in [7, 11) is 1.56. The first kappa shape index (κ1) is 19.5. The molecule has 0 amide bonds. The van der Waals surface area contributed by atoms with Crippen LogP contribution in [0.2, 0.25) is 0 Å². The van der Waals surface area contributed by atoms with Crippen LogP contribution in [0.15, 0.2) is 59.8 Å². The lowest BCUT2D eigenvalue weighted by Gasteiger charge is -2.26. The molecule has 0 radical (unpaired) electrons. The van der Waals surface area contributed by atoms with Crippen molar-refractivity contribution < 1.29 is 19.1 Å². The molecule has 2 aromatic carbocycles. The third-order valence-corrected chi connectivity index (χ3v) is 4.43. The first-order valence-electron chi connectivity index (χ1n) is 9.06. The molecule has 3 rings (SSSR count). The lowest BCUT2D eigenvalue weighted by molar-refractivity contribution is 0.00920. The summed E-state index contributed by atoms with van der Waals surface area (Å²) in [6, 6.07) is 16.4. The van der Waals surface area contributed by atoms with E-state index in [1.807, 2.05) is 41.3 Å². The Labute approximate surface area is 159 Å². The maximum absolute atomic E-state index is 13.5. The van der Waals surface area contributed by atoms with Crippen LogP contribution in [-0.2, 0) is 16.1 Å². The van der Waals surface area contributed by atoms with Crippen molar-refractivity contribution in [1.82, 2.24) is 4.90 Å². The molecule has 0 aliphatic carbocycles. The molecule has 2 atom stereocenters. The molecule has 1 aliphatic heterocycles. The minimum Gasteiger partial charge on any atom is -0.390 e. The molecule has 6 heteroatoms. The van der Waals surface area contributed by atoms with Gasteiger partial charge in [0, 0.05) is 33.2 Å². The van der Waals surface area contributed by atoms with Crippen LogP contribution < -0.4 is 0 Å². The zero-order chi connectivity index (χ0) is 19.1. The van der Waals surface area contributed by atoms with Crippen LogP contribution >= 0.6 is 0 Å². The number of rotatable bonds is 9. The van der Waals surface area contributed by atoms with Gasteiger partial charge in [-0.05, 0) is 23.3 Å². The van der Waals surface area contributed by atoms with Gasteiger partial charge in [-0.25, -0.2) is 4.39 Å². The molecule has 0 fully saturated rings. The molecule has 2 aromatic rings. The Balaban J connectivity index is 1.63. The van der Waals surface area contributed by atoms with E-state index >= 15 is 0 Å². The van der Waals surface area contributed by atoms with Crippen molar-refractivity contribution in [2.75, 3.05) is 26.8 Å². The Kier molecular flexibility index (Phi) is 6.92. The van der Waals surface area contributed by atoms with E-state index in [9.17, 15) is 9.50 Å². The van der Waals surface area contributed by atoms with Crippen LogP contribution in [0.4, 0.5) is 4.39 Å². The number of ether oxygens (including phenoxy) is 1. The average molecular weight is 372 g/mol. The number of halogens is 1. The highest BCUT2D eigenvalue weighted by molar-refractivity contribution is 6.01. The van der Waals surface area contributed by atoms with Crippen LogP contribution in [0.1, 0.15) is 17.5 Å². The first-order chi connectivity index (χ1) is 13.1. The quantitative estimate of drug-likeness (QED) is 0.735. The van der Waals surface area contributed by atoms with Crippen molar-refractivity contribution in [2.24, 2.45) is 5.16 Å². The highest BCUT2D eigenvalue weighted by atomic mass is 19.1. The largest absolute Gasteiger partial charge is 0.390 e. The molecular weight excluding hydrogens is 347 g/mol.